The van der Waals surface area contributed by atoms with Crippen LogP contribution in [-0.4, -0.2) is 6.03 Å². The molecule has 0 unspecified atom stereocenters. The van der Waals surface area contributed by atoms with Gasteiger partial charge in [-0.05, 0) is 30.3 Å². The number of furan rings is 1. The van der Waals surface area contributed by atoms with E-state index in [4.69, 9.17) is 16.0 Å². The number of carbonyl (C=O) groups is 1. The van der Waals surface area contributed by atoms with E-state index in [0.29, 0.717) is 23.0 Å². The van der Waals surface area contributed by atoms with Crippen LogP contribution in [0.15, 0.2) is 47.1 Å². The highest BCUT2D eigenvalue weighted by Crippen LogP contribution is 2.14. The molecule has 0 radical (unpaired) electrons. The minimum absolute atomic E-state index is 0.302. The van der Waals surface area contributed by atoms with Crippen LogP contribution in [0.1, 0.15) is 5.76 Å². The van der Waals surface area contributed by atoms with E-state index < -0.39 is 0 Å². The summed E-state index contributed by atoms with van der Waals surface area (Å²) in [5.74, 6) is 0.700. The number of rotatable bonds is 3. The van der Waals surface area contributed by atoms with Gasteiger partial charge < -0.3 is 15.1 Å². The highest BCUT2D eigenvalue weighted by atomic mass is 35.5. The van der Waals surface area contributed by atoms with Gasteiger partial charge in [-0.2, -0.15) is 0 Å². The standard InChI is InChI=1S/C12H11ClN2O2/c13-9-3-1-4-10(7-9)15-12(16)14-8-11-5-2-6-17-11/h1-7H,8H2,(H2,14,15,16). The molecule has 17 heavy (non-hydrogen) atoms. The monoisotopic (exact) mass is 250 g/mol. The third-order valence-corrected chi connectivity index (χ3v) is 2.32. The molecular formula is C12H11ClN2O2. The number of hydrogen-bond donors (Lipinski definition) is 2. The minimum Gasteiger partial charge on any atom is -0.467 e. The van der Waals surface area contributed by atoms with Gasteiger partial charge in [-0.1, -0.05) is 17.7 Å². The van der Waals surface area contributed by atoms with Crippen LogP contribution < -0.4 is 10.6 Å². The van der Waals surface area contributed by atoms with Crippen LogP contribution in [0.25, 0.3) is 0 Å². The SMILES string of the molecule is O=C(NCc1ccco1)Nc1cccc(Cl)c1. The Kier molecular flexibility index (Phi) is 3.67. The molecule has 5 heteroatoms. The van der Waals surface area contributed by atoms with Crippen LogP contribution in [-0.2, 0) is 6.54 Å². The molecular weight excluding hydrogens is 240 g/mol. The van der Waals surface area contributed by atoms with Gasteiger partial charge in [-0.25, -0.2) is 4.79 Å². The highest BCUT2D eigenvalue weighted by molar-refractivity contribution is 6.30. The number of amides is 2. The van der Waals surface area contributed by atoms with Crippen molar-refractivity contribution in [1.82, 2.24) is 5.32 Å². The van der Waals surface area contributed by atoms with Gasteiger partial charge in [0.1, 0.15) is 5.76 Å². The van der Waals surface area contributed by atoms with Crippen molar-refractivity contribution in [1.29, 1.82) is 0 Å². The van der Waals surface area contributed by atoms with E-state index in [1.807, 2.05) is 0 Å². The Morgan fingerprint density at radius 3 is 2.88 bits per heavy atom. The maximum Gasteiger partial charge on any atom is 0.319 e. The lowest BCUT2D eigenvalue weighted by Crippen LogP contribution is -2.27. The number of benzene rings is 1. The van der Waals surface area contributed by atoms with Gasteiger partial charge in [0.2, 0.25) is 0 Å². The molecule has 0 saturated carbocycles. The Morgan fingerprint density at radius 2 is 2.18 bits per heavy atom. The molecule has 0 atom stereocenters. The number of anilines is 1. The summed E-state index contributed by atoms with van der Waals surface area (Å²) in [7, 11) is 0. The molecule has 2 rings (SSSR count). The summed E-state index contributed by atoms with van der Waals surface area (Å²) in [5.41, 5.74) is 0.648. The van der Waals surface area contributed by atoms with E-state index >= 15 is 0 Å². The van der Waals surface area contributed by atoms with Crippen LogP contribution >= 0.6 is 11.6 Å². The summed E-state index contributed by atoms with van der Waals surface area (Å²) in [6, 6.07) is 10.2. The summed E-state index contributed by atoms with van der Waals surface area (Å²) in [6.45, 7) is 0.347. The van der Waals surface area contributed by atoms with Crippen LogP contribution in [0.4, 0.5) is 10.5 Å². The molecule has 0 aliphatic carbocycles. The number of nitrogens with one attached hydrogen (secondary N) is 2. The van der Waals surface area contributed by atoms with Crippen molar-refractivity contribution < 1.29 is 9.21 Å². The quantitative estimate of drug-likeness (QED) is 0.879. The third-order valence-electron chi connectivity index (χ3n) is 2.09. The molecule has 0 bridgehead atoms. The van der Waals surface area contributed by atoms with E-state index in [0.717, 1.165) is 0 Å². The van der Waals surface area contributed by atoms with Crippen molar-refractivity contribution in [2.75, 3.05) is 5.32 Å². The van der Waals surface area contributed by atoms with Gasteiger partial charge in [-0.15, -0.1) is 0 Å². The third kappa shape index (κ3) is 3.53. The Morgan fingerprint density at radius 1 is 1.29 bits per heavy atom. The first-order chi connectivity index (χ1) is 8.24. The Labute approximate surface area is 104 Å². The van der Waals surface area contributed by atoms with Gasteiger partial charge in [0.25, 0.3) is 0 Å². The molecule has 2 aromatic rings. The summed E-state index contributed by atoms with van der Waals surface area (Å²) in [4.78, 5) is 11.5. The first-order valence-corrected chi connectivity index (χ1v) is 5.44. The van der Waals surface area contributed by atoms with Crippen molar-refractivity contribution in [2.24, 2.45) is 0 Å². The lowest BCUT2D eigenvalue weighted by atomic mass is 10.3. The fraction of sp³-hybridized carbons (Fsp3) is 0.0833. The molecule has 0 saturated heterocycles. The topological polar surface area (TPSA) is 54.3 Å². The Hall–Kier alpha value is -1.94. The first-order valence-electron chi connectivity index (χ1n) is 5.07. The van der Waals surface area contributed by atoms with E-state index in [-0.39, 0.29) is 6.03 Å². The summed E-state index contributed by atoms with van der Waals surface area (Å²) in [6.07, 6.45) is 1.56. The normalized spacial score (nSPS) is 9.94. The molecule has 1 aromatic carbocycles. The molecule has 0 aliphatic heterocycles. The molecule has 0 aliphatic rings. The number of hydrogen-bond acceptors (Lipinski definition) is 2. The van der Waals surface area contributed by atoms with Crippen molar-refractivity contribution >= 4 is 23.3 Å². The minimum atomic E-state index is -0.302. The molecule has 0 fully saturated rings. The van der Waals surface area contributed by atoms with E-state index in [1.54, 1.807) is 42.7 Å². The van der Waals surface area contributed by atoms with Crippen molar-refractivity contribution in [3.05, 3.63) is 53.4 Å². The maximum atomic E-state index is 11.5. The van der Waals surface area contributed by atoms with Crippen LogP contribution in [0.3, 0.4) is 0 Å². The van der Waals surface area contributed by atoms with Crippen molar-refractivity contribution in [2.45, 2.75) is 6.54 Å². The Balaban J connectivity index is 1.85. The van der Waals surface area contributed by atoms with Gasteiger partial charge in [-0.3, -0.25) is 0 Å². The molecule has 88 valence electrons. The number of carbonyl (C=O) groups excluding carboxylic acids is 1. The van der Waals surface area contributed by atoms with Crippen LogP contribution in [0, 0.1) is 0 Å². The van der Waals surface area contributed by atoms with Gasteiger partial charge in [0, 0.05) is 10.7 Å². The predicted octanol–water partition coefficient (Wildman–Crippen LogP) is 3.25. The van der Waals surface area contributed by atoms with Gasteiger partial charge >= 0.3 is 6.03 Å². The molecule has 2 N–H and O–H groups in total. The first kappa shape index (κ1) is 11.5. The average molecular weight is 251 g/mol. The zero-order valence-electron chi connectivity index (χ0n) is 8.94. The van der Waals surface area contributed by atoms with Crippen molar-refractivity contribution in [3.8, 4) is 0 Å². The molecule has 1 heterocycles. The fourth-order valence-electron chi connectivity index (χ4n) is 1.32. The highest BCUT2D eigenvalue weighted by Gasteiger charge is 2.02. The number of urea groups is 1. The lowest BCUT2D eigenvalue weighted by molar-refractivity contribution is 0.251. The second-order valence-corrected chi connectivity index (χ2v) is 3.83. The van der Waals surface area contributed by atoms with E-state index in [2.05, 4.69) is 10.6 Å². The van der Waals surface area contributed by atoms with E-state index in [1.165, 1.54) is 0 Å². The summed E-state index contributed by atoms with van der Waals surface area (Å²) < 4.78 is 5.09. The zero-order valence-corrected chi connectivity index (χ0v) is 9.70. The maximum absolute atomic E-state index is 11.5. The summed E-state index contributed by atoms with van der Waals surface area (Å²) >= 11 is 5.80. The van der Waals surface area contributed by atoms with E-state index in [9.17, 15) is 4.79 Å². The second-order valence-electron chi connectivity index (χ2n) is 3.40. The van der Waals surface area contributed by atoms with Gasteiger partial charge in [0.05, 0.1) is 12.8 Å². The Bertz CT molecular complexity index is 497. The van der Waals surface area contributed by atoms with Crippen LogP contribution in [0.2, 0.25) is 5.02 Å². The average Bonchev–Trinajstić information content (AvgIpc) is 2.79. The molecule has 2 amide bonds. The predicted molar refractivity (Wildman–Crippen MR) is 66.0 cm³/mol. The lowest BCUT2D eigenvalue weighted by Gasteiger charge is -2.06. The van der Waals surface area contributed by atoms with Crippen molar-refractivity contribution in [3.63, 3.8) is 0 Å². The fourth-order valence-corrected chi connectivity index (χ4v) is 1.51. The van der Waals surface area contributed by atoms with Crippen LogP contribution in [0.5, 0.6) is 0 Å². The molecule has 0 spiro atoms. The number of halogens is 1. The largest absolute Gasteiger partial charge is 0.467 e. The molecule has 1 aromatic heterocycles. The molecule has 4 nitrogen and oxygen atoms in total. The summed E-state index contributed by atoms with van der Waals surface area (Å²) in [5, 5.41) is 5.91. The zero-order chi connectivity index (χ0) is 12.1. The smallest absolute Gasteiger partial charge is 0.319 e. The second kappa shape index (κ2) is 5.41. The van der Waals surface area contributed by atoms with Gasteiger partial charge in [0.15, 0.2) is 0 Å².